The molecule has 0 aliphatic carbocycles. The highest BCUT2D eigenvalue weighted by atomic mass is 16.5. The molecular weight excluding hydrogens is 324 g/mol. The zero-order valence-electron chi connectivity index (χ0n) is 15.5. The molecule has 0 aliphatic rings. The zero-order valence-corrected chi connectivity index (χ0v) is 15.5. The average Bonchev–Trinajstić information content (AvgIpc) is 3.08. The molecule has 0 aliphatic heterocycles. The number of nitrogens with zero attached hydrogens (tertiary/aromatic N) is 1. The van der Waals surface area contributed by atoms with E-state index in [-0.39, 0.29) is 12.4 Å². The molecule has 0 saturated heterocycles. The van der Waals surface area contributed by atoms with Crippen LogP contribution in [0.3, 0.4) is 0 Å². The summed E-state index contributed by atoms with van der Waals surface area (Å²) >= 11 is 0. The number of aromatic nitrogens is 1. The summed E-state index contributed by atoms with van der Waals surface area (Å²) in [5.41, 5.74) is 4.31. The number of carbonyl (C=O) groups excluding carboxylic acids is 1. The van der Waals surface area contributed by atoms with Crippen molar-refractivity contribution < 1.29 is 9.53 Å². The molecule has 1 aromatic heterocycles. The topological polar surface area (TPSA) is 45.3 Å². The number of hydrogen-bond acceptors (Lipinski definition) is 3. The molecule has 0 radical (unpaired) electrons. The molecule has 0 fully saturated rings. The Hall–Kier alpha value is -2.59. The van der Waals surface area contributed by atoms with Crippen LogP contribution in [-0.4, -0.2) is 28.9 Å². The Morgan fingerprint density at radius 2 is 1.69 bits per heavy atom. The molecular formula is C22H26N2O2. The summed E-state index contributed by atoms with van der Waals surface area (Å²) < 4.78 is 5.45. The normalized spacial score (nSPS) is 11.2. The van der Waals surface area contributed by atoms with E-state index in [9.17, 15) is 4.79 Å². The maximum atomic E-state index is 12.2. The summed E-state index contributed by atoms with van der Waals surface area (Å²) in [6.45, 7) is 7.70. The van der Waals surface area contributed by atoms with E-state index < -0.39 is 0 Å². The Kier molecular flexibility index (Phi) is 6.08. The second-order valence-electron chi connectivity index (χ2n) is 6.47. The number of benzene rings is 2. The fraction of sp³-hybridized carbons (Fsp3) is 0.318. The van der Waals surface area contributed by atoms with Crippen LogP contribution in [0, 0.1) is 0 Å². The van der Waals surface area contributed by atoms with Crippen LogP contribution < -0.4 is 0 Å². The quantitative estimate of drug-likeness (QED) is 0.616. The highest BCUT2D eigenvalue weighted by molar-refractivity contribution is 5.87. The largest absolute Gasteiger partial charge is 0.461 e. The molecule has 2 aromatic carbocycles. The van der Waals surface area contributed by atoms with E-state index in [0.29, 0.717) is 6.61 Å². The minimum Gasteiger partial charge on any atom is -0.461 e. The van der Waals surface area contributed by atoms with Crippen molar-refractivity contribution in [2.24, 2.45) is 0 Å². The molecule has 0 atom stereocenters. The van der Waals surface area contributed by atoms with Gasteiger partial charge in [-0.05, 0) is 35.8 Å². The van der Waals surface area contributed by atoms with E-state index in [4.69, 9.17) is 4.74 Å². The van der Waals surface area contributed by atoms with Crippen molar-refractivity contribution in [3.63, 3.8) is 0 Å². The van der Waals surface area contributed by atoms with Crippen molar-refractivity contribution in [2.45, 2.75) is 33.4 Å². The molecule has 0 bridgehead atoms. The fourth-order valence-corrected chi connectivity index (χ4v) is 3.09. The first-order chi connectivity index (χ1) is 12.7. The minimum absolute atomic E-state index is 0.207. The second-order valence-corrected chi connectivity index (χ2v) is 6.47. The Morgan fingerprint density at radius 3 is 2.42 bits per heavy atom. The average molecular weight is 350 g/mol. The number of carbonyl (C=O) groups is 1. The summed E-state index contributed by atoms with van der Waals surface area (Å²) in [4.78, 5) is 17.7. The first-order valence-electron chi connectivity index (χ1n) is 9.20. The van der Waals surface area contributed by atoms with Crippen molar-refractivity contribution in [1.29, 1.82) is 0 Å². The molecule has 0 unspecified atom stereocenters. The van der Waals surface area contributed by atoms with Crippen LogP contribution in [0.1, 0.15) is 30.5 Å². The number of ether oxygens (including phenoxy) is 1. The van der Waals surface area contributed by atoms with Crippen molar-refractivity contribution >= 4 is 16.9 Å². The SMILES string of the molecule is CCN(CC)Cc1ccc(COC(=O)Cc2c[nH]c3ccccc23)cc1. The van der Waals surface area contributed by atoms with Gasteiger partial charge in [0.05, 0.1) is 6.42 Å². The number of rotatable bonds is 8. The molecule has 4 heteroatoms. The van der Waals surface area contributed by atoms with Gasteiger partial charge >= 0.3 is 5.97 Å². The van der Waals surface area contributed by atoms with Crippen molar-refractivity contribution in [3.05, 3.63) is 71.4 Å². The van der Waals surface area contributed by atoms with Crippen LogP contribution in [0.15, 0.2) is 54.7 Å². The van der Waals surface area contributed by atoms with Crippen LogP contribution in [0.25, 0.3) is 10.9 Å². The highest BCUT2D eigenvalue weighted by Crippen LogP contribution is 2.18. The molecule has 3 rings (SSSR count). The highest BCUT2D eigenvalue weighted by Gasteiger charge is 2.10. The molecule has 0 saturated carbocycles. The molecule has 26 heavy (non-hydrogen) atoms. The van der Waals surface area contributed by atoms with Gasteiger partial charge in [-0.3, -0.25) is 9.69 Å². The van der Waals surface area contributed by atoms with Crippen LogP contribution in [0.2, 0.25) is 0 Å². The van der Waals surface area contributed by atoms with E-state index in [1.54, 1.807) is 0 Å². The number of esters is 1. The third-order valence-electron chi connectivity index (χ3n) is 4.73. The van der Waals surface area contributed by atoms with Gasteiger partial charge in [-0.15, -0.1) is 0 Å². The number of nitrogens with one attached hydrogen (secondary N) is 1. The first-order valence-corrected chi connectivity index (χ1v) is 9.20. The van der Waals surface area contributed by atoms with Crippen molar-refractivity contribution in [1.82, 2.24) is 9.88 Å². The Balaban J connectivity index is 1.53. The smallest absolute Gasteiger partial charge is 0.310 e. The summed E-state index contributed by atoms with van der Waals surface area (Å²) in [7, 11) is 0. The molecule has 3 aromatic rings. The lowest BCUT2D eigenvalue weighted by atomic mass is 10.1. The number of hydrogen-bond donors (Lipinski definition) is 1. The molecule has 1 heterocycles. The number of H-pyrrole nitrogens is 1. The number of fused-ring (bicyclic) bond motifs is 1. The zero-order chi connectivity index (χ0) is 18.4. The van der Waals surface area contributed by atoms with Gasteiger partial charge in [0.15, 0.2) is 0 Å². The molecule has 4 nitrogen and oxygen atoms in total. The summed E-state index contributed by atoms with van der Waals surface area (Å²) in [6, 6.07) is 16.3. The van der Waals surface area contributed by atoms with Gasteiger partial charge in [-0.25, -0.2) is 0 Å². The first kappa shape index (κ1) is 18.2. The predicted octanol–water partition coefficient (Wildman–Crippen LogP) is 4.30. The van der Waals surface area contributed by atoms with Crippen LogP contribution in [-0.2, 0) is 29.1 Å². The van der Waals surface area contributed by atoms with Gasteiger partial charge in [-0.2, -0.15) is 0 Å². The van der Waals surface area contributed by atoms with E-state index in [0.717, 1.165) is 41.7 Å². The Bertz CT molecular complexity index is 848. The maximum absolute atomic E-state index is 12.2. The van der Waals surface area contributed by atoms with Crippen LogP contribution >= 0.6 is 0 Å². The van der Waals surface area contributed by atoms with Gasteiger partial charge in [-0.1, -0.05) is 56.3 Å². The van der Waals surface area contributed by atoms with Gasteiger partial charge in [0.2, 0.25) is 0 Å². The number of aromatic amines is 1. The van der Waals surface area contributed by atoms with Gasteiger partial charge in [0.25, 0.3) is 0 Å². The lowest BCUT2D eigenvalue weighted by Gasteiger charge is -2.18. The molecule has 136 valence electrons. The van der Waals surface area contributed by atoms with Gasteiger partial charge < -0.3 is 9.72 Å². The van der Waals surface area contributed by atoms with Gasteiger partial charge in [0.1, 0.15) is 6.61 Å². The summed E-state index contributed by atoms with van der Waals surface area (Å²) in [6.07, 6.45) is 2.16. The monoisotopic (exact) mass is 350 g/mol. The van der Waals surface area contributed by atoms with E-state index >= 15 is 0 Å². The fourth-order valence-electron chi connectivity index (χ4n) is 3.09. The number of para-hydroxylation sites is 1. The van der Waals surface area contributed by atoms with E-state index in [1.165, 1.54) is 5.56 Å². The molecule has 0 spiro atoms. The third-order valence-corrected chi connectivity index (χ3v) is 4.73. The molecule has 1 N–H and O–H groups in total. The minimum atomic E-state index is -0.207. The van der Waals surface area contributed by atoms with Crippen molar-refractivity contribution in [2.75, 3.05) is 13.1 Å². The standard InChI is InChI=1S/C22H26N2O2/c1-3-24(4-2)15-17-9-11-18(12-10-17)16-26-22(25)13-19-14-23-21-8-6-5-7-20(19)21/h5-12,14,23H,3-4,13,15-16H2,1-2H3. The van der Waals surface area contributed by atoms with E-state index in [2.05, 4.69) is 35.9 Å². The van der Waals surface area contributed by atoms with Crippen LogP contribution in [0.4, 0.5) is 0 Å². The molecule has 0 amide bonds. The van der Waals surface area contributed by atoms with Crippen LogP contribution in [0.5, 0.6) is 0 Å². The van der Waals surface area contributed by atoms with Gasteiger partial charge in [0, 0.05) is 23.6 Å². The summed E-state index contributed by atoms with van der Waals surface area (Å²) in [5, 5.41) is 1.07. The Morgan fingerprint density at radius 1 is 1.00 bits per heavy atom. The Labute approximate surface area is 154 Å². The second kappa shape index (κ2) is 8.68. The lowest BCUT2D eigenvalue weighted by Crippen LogP contribution is -2.22. The lowest BCUT2D eigenvalue weighted by molar-refractivity contribution is -0.144. The third kappa shape index (κ3) is 4.52. The summed E-state index contributed by atoms with van der Waals surface area (Å²) in [5.74, 6) is -0.207. The maximum Gasteiger partial charge on any atom is 0.310 e. The van der Waals surface area contributed by atoms with E-state index in [1.807, 2.05) is 42.6 Å². The predicted molar refractivity (Wildman–Crippen MR) is 105 cm³/mol. The van der Waals surface area contributed by atoms with Crippen molar-refractivity contribution in [3.8, 4) is 0 Å².